The maximum atomic E-state index is 12.8. The van der Waals surface area contributed by atoms with Crippen molar-refractivity contribution in [3.05, 3.63) is 82.4 Å². The molecule has 0 radical (unpaired) electrons. The summed E-state index contributed by atoms with van der Waals surface area (Å²) in [5.41, 5.74) is 6.79. The number of benzene rings is 2. The number of nitrogens with zero attached hydrogens (tertiary/aromatic N) is 4. The van der Waals surface area contributed by atoms with Gasteiger partial charge in [0.15, 0.2) is 0 Å². The lowest BCUT2D eigenvalue weighted by atomic mass is 10.1. The number of hydrogen-bond acceptors (Lipinski definition) is 3. The molecule has 0 atom stereocenters. The van der Waals surface area contributed by atoms with Crippen molar-refractivity contribution in [3.63, 3.8) is 0 Å². The van der Waals surface area contributed by atoms with Gasteiger partial charge in [-0.3, -0.25) is 4.79 Å². The largest absolute Gasteiger partial charge is 0.328 e. The van der Waals surface area contributed by atoms with Crippen molar-refractivity contribution < 1.29 is 4.79 Å². The van der Waals surface area contributed by atoms with Crippen LogP contribution in [0.4, 0.5) is 5.69 Å². The van der Waals surface area contributed by atoms with Crippen LogP contribution in [0.2, 0.25) is 5.02 Å². The molecule has 0 fully saturated rings. The van der Waals surface area contributed by atoms with Crippen LogP contribution in [-0.2, 0) is 24.2 Å². The van der Waals surface area contributed by atoms with Crippen LogP contribution in [0.3, 0.4) is 0 Å². The number of nitrogens with one attached hydrogen (secondary N) is 1. The molecule has 6 nitrogen and oxygen atoms in total. The average Bonchev–Trinajstić information content (AvgIpc) is 3.37. The van der Waals surface area contributed by atoms with E-state index in [0.29, 0.717) is 5.02 Å². The maximum Gasteiger partial charge on any atom is 0.228 e. The molecule has 0 spiro atoms. The number of aryl methyl sites for hydroxylation is 2. The first-order valence-electron chi connectivity index (χ1n) is 11.3. The van der Waals surface area contributed by atoms with Gasteiger partial charge in [-0.15, -0.1) is 0 Å². The molecular formula is C26H26ClN5O. The van der Waals surface area contributed by atoms with Gasteiger partial charge in [0.2, 0.25) is 5.91 Å². The minimum Gasteiger partial charge on any atom is -0.328 e. The van der Waals surface area contributed by atoms with Gasteiger partial charge in [-0.2, -0.15) is 5.10 Å². The fourth-order valence-electron chi connectivity index (χ4n) is 4.50. The minimum atomic E-state index is -0.0669. The molecule has 0 saturated heterocycles. The molecule has 4 aromatic rings. The molecular weight excluding hydrogens is 434 g/mol. The highest BCUT2D eigenvalue weighted by molar-refractivity contribution is 6.30. The quantitative estimate of drug-likeness (QED) is 0.427. The second-order valence-electron chi connectivity index (χ2n) is 8.52. The number of halogens is 1. The predicted molar refractivity (Wildman–Crippen MR) is 131 cm³/mol. The molecule has 168 valence electrons. The third kappa shape index (κ3) is 4.31. The van der Waals surface area contributed by atoms with Crippen molar-refractivity contribution in [3.8, 4) is 17.1 Å². The van der Waals surface area contributed by atoms with Crippen LogP contribution < -0.4 is 5.32 Å². The Morgan fingerprint density at radius 3 is 2.58 bits per heavy atom. The van der Waals surface area contributed by atoms with Crippen molar-refractivity contribution >= 4 is 23.2 Å². The monoisotopic (exact) mass is 459 g/mol. The summed E-state index contributed by atoms with van der Waals surface area (Å²) in [5, 5.41) is 8.32. The number of rotatable bonds is 5. The van der Waals surface area contributed by atoms with Gasteiger partial charge in [0.05, 0.1) is 17.8 Å². The lowest BCUT2D eigenvalue weighted by molar-refractivity contribution is -0.115. The summed E-state index contributed by atoms with van der Waals surface area (Å²) in [5.74, 6) is 0.936. The summed E-state index contributed by atoms with van der Waals surface area (Å²) in [7, 11) is 0. The van der Waals surface area contributed by atoms with Gasteiger partial charge < -0.3 is 9.88 Å². The van der Waals surface area contributed by atoms with Crippen molar-refractivity contribution in [2.24, 2.45) is 0 Å². The molecule has 0 bridgehead atoms. The molecule has 2 aromatic heterocycles. The smallest absolute Gasteiger partial charge is 0.228 e. The van der Waals surface area contributed by atoms with E-state index in [9.17, 15) is 4.79 Å². The normalized spacial score (nSPS) is 13.1. The van der Waals surface area contributed by atoms with Gasteiger partial charge >= 0.3 is 0 Å². The molecule has 5 rings (SSSR count). The van der Waals surface area contributed by atoms with Gasteiger partial charge in [0.1, 0.15) is 5.82 Å². The first kappa shape index (κ1) is 21.5. The number of anilines is 1. The molecule has 0 aliphatic carbocycles. The lowest BCUT2D eigenvalue weighted by Crippen LogP contribution is -2.15. The first-order chi connectivity index (χ1) is 16.0. The first-order valence-corrected chi connectivity index (χ1v) is 11.6. The molecule has 3 heterocycles. The van der Waals surface area contributed by atoms with Gasteiger partial charge in [-0.1, -0.05) is 11.6 Å². The summed E-state index contributed by atoms with van der Waals surface area (Å²) < 4.78 is 4.16. The summed E-state index contributed by atoms with van der Waals surface area (Å²) in [6, 6.07) is 15.4. The Morgan fingerprint density at radius 2 is 1.82 bits per heavy atom. The standard InChI is InChI=1S/C26H26ClN5O/c1-17-24(18(2)32(30-17)22-12-8-20(27)9-13-22)15-25(33)29-21-10-6-19(7-11-21)26-28-16-23-5-3-4-14-31(23)26/h6-13,16H,3-5,14-15H2,1-2H3,(H,29,33). The number of carbonyl (C=O) groups is 1. The molecule has 1 aliphatic heterocycles. The number of carbonyl (C=O) groups excluding carboxylic acids is 1. The highest BCUT2D eigenvalue weighted by Crippen LogP contribution is 2.26. The van der Waals surface area contributed by atoms with Crippen LogP contribution in [0.1, 0.15) is 35.5 Å². The average molecular weight is 460 g/mol. The van der Waals surface area contributed by atoms with E-state index in [1.165, 1.54) is 18.5 Å². The van der Waals surface area contributed by atoms with E-state index in [1.54, 1.807) is 0 Å². The van der Waals surface area contributed by atoms with Crippen LogP contribution in [0.15, 0.2) is 54.7 Å². The molecule has 0 saturated carbocycles. The molecule has 0 unspecified atom stereocenters. The second kappa shape index (κ2) is 8.87. The Hall–Kier alpha value is -3.38. The minimum absolute atomic E-state index is 0.0669. The Labute approximate surface area is 198 Å². The predicted octanol–water partition coefficient (Wildman–Crippen LogP) is 5.52. The Kier molecular flexibility index (Phi) is 5.77. The van der Waals surface area contributed by atoms with Crippen LogP contribution in [-0.4, -0.2) is 25.2 Å². The van der Waals surface area contributed by atoms with Gasteiger partial charge in [-0.05, 0) is 81.6 Å². The van der Waals surface area contributed by atoms with Crippen molar-refractivity contribution in [1.82, 2.24) is 19.3 Å². The van der Waals surface area contributed by atoms with Crippen LogP contribution in [0, 0.1) is 13.8 Å². The maximum absolute atomic E-state index is 12.8. The fourth-order valence-corrected chi connectivity index (χ4v) is 4.63. The highest BCUT2D eigenvalue weighted by Gasteiger charge is 2.17. The van der Waals surface area contributed by atoms with Crippen molar-refractivity contribution in [1.29, 1.82) is 0 Å². The second-order valence-corrected chi connectivity index (χ2v) is 8.96. The number of aromatic nitrogens is 4. The molecule has 1 N–H and O–H groups in total. The zero-order valence-corrected chi connectivity index (χ0v) is 19.6. The van der Waals surface area contributed by atoms with Gasteiger partial charge in [0, 0.05) is 46.0 Å². The lowest BCUT2D eigenvalue weighted by Gasteiger charge is -2.16. The number of hydrogen-bond donors (Lipinski definition) is 1. The molecule has 1 amide bonds. The number of imidazole rings is 1. The third-order valence-electron chi connectivity index (χ3n) is 6.28. The van der Waals surface area contributed by atoms with E-state index in [1.807, 2.05) is 73.3 Å². The SMILES string of the molecule is Cc1nn(-c2ccc(Cl)cc2)c(C)c1CC(=O)Nc1ccc(-c2ncc3n2CCCC3)cc1. The summed E-state index contributed by atoms with van der Waals surface area (Å²) in [6.45, 7) is 4.94. The van der Waals surface area contributed by atoms with Crippen LogP contribution in [0.25, 0.3) is 17.1 Å². The Bertz CT molecular complexity index is 1300. The topological polar surface area (TPSA) is 64.7 Å². The van der Waals surface area contributed by atoms with Crippen LogP contribution >= 0.6 is 11.6 Å². The summed E-state index contributed by atoms with van der Waals surface area (Å²) in [6.07, 6.45) is 5.76. The zero-order chi connectivity index (χ0) is 22.9. The molecule has 2 aromatic carbocycles. The van der Waals surface area contributed by atoms with E-state index in [-0.39, 0.29) is 12.3 Å². The third-order valence-corrected chi connectivity index (χ3v) is 6.53. The highest BCUT2D eigenvalue weighted by atomic mass is 35.5. The van der Waals surface area contributed by atoms with Crippen molar-refractivity contribution in [2.75, 3.05) is 5.32 Å². The summed E-state index contributed by atoms with van der Waals surface area (Å²) >= 11 is 6.00. The van der Waals surface area contributed by atoms with E-state index in [4.69, 9.17) is 11.6 Å². The van der Waals surface area contributed by atoms with Gasteiger partial charge in [-0.25, -0.2) is 9.67 Å². The Balaban J connectivity index is 1.29. The zero-order valence-electron chi connectivity index (χ0n) is 18.8. The van der Waals surface area contributed by atoms with E-state index >= 15 is 0 Å². The van der Waals surface area contributed by atoms with E-state index in [0.717, 1.165) is 52.7 Å². The van der Waals surface area contributed by atoms with E-state index in [2.05, 4.69) is 20.0 Å². The fraction of sp³-hybridized carbons (Fsp3) is 0.269. The summed E-state index contributed by atoms with van der Waals surface area (Å²) in [4.78, 5) is 17.4. The van der Waals surface area contributed by atoms with E-state index < -0.39 is 0 Å². The molecule has 33 heavy (non-hydrogen) atoms. The Morgan fingerprint density at radius 1 is 1.06 bits per heavy atom. The van der Waals surface area contributed by atoms with Crippen LogP contribution in [0.5, 0.6) is 0 Å². The van der Waals surface area contributed by atoms with Crippen molar-refractivity contribution in [2.45, 2.75) is 46.1 Å². The number of amides is 1. The van der Waals surface area contributed by atoms with Gasteiger partial charge in [0.25, 0.3) is 0 Å². The number of fused-ring (bicyclic) bond motifs is 1. The molecule has 7 heteroatoms. The molecule has 1 aliphatic rings.